The van der Waals surface area contributed by atoms with Gasteiger partial charge in [-0.2, -0.15) is 0 Å². The molecule has 2 rings (SSSR count). The molecule has 6 nitrogen and oxygen atoms in total. The van der Waals surface area contributed by atoms with Gasteiger partial charge < -0.3 is 10.2 Å². The van der Waals surface area contributed by atoms with Crippen LogP contribution in [0.1, 0.15) is 16.8 Å². The van der Waals surface area contributed by atoms with Crippen LogP contribution in [0.25, 0.3) is 0 Å². The minimum atomic E-state index is -3.05. The molecule has 1 aliphatic rings. The Labute approximate surface area is 134 Å². The van der Waals surface area contributed by atoms with Crippen LogP contribution in [0.5, 0.6) is 0 Å². The molecule has 120 valence electrons. The van der Waals surface area contributed by atoms with Crippen molar-refractivity contribution in [3.8, 4) is 0 Å². The number of rotatable bonds is 4. The normalized spacial score (nSPS) is 19.6. The number of sulfone groups is 1. The first kappa shape index (κ1) is 16.8. The van der Waals surface area contributed by atoms with E-state index in [0.717, 1.165) is 0 Å². The van der Waals surface area contributed by atoms with Crippen LogP contribution in [0.3, 0.4) is 0 Å². The third-order valence-corrected chi connectivity index (χ3v) is 5.66. The van der Waals surface area contributed by atoms with Crippen LogP contribution < -0.4 is 5.32 Å². The highest BCUT2D eigenvalue weighted by Gasteiger charge is 2.32. The molecule has 1 fully saturated rings. The molecule has 1 aliphatic heterocycles. The van der Waals surface area contributed by atoms with Crippen molar-refractivity contribution in [3.05, 3.63) is 34.9 Å². The molecule has 0 radical (unpaired) electrons. The third kappa shape index (κ3) is 4.20. The summed E-state index contributed by atoms with van der Waals surface area (Å²) in [6.07, 6.45) is 0.440. The molecule has 0 aromatic heterocycles. The molecule has 1 aromatic carbocycles. The Morgan fingerprint density at radius 1 is 1.32 bits per heavy atom. The predicted octanol–water partition coefficient (Wildman–Crippen LogP) is 0.715. The van der Waals surface area contributed by atoms with Crippen molar-refractivity contribution in [2.45, 2.75) is 12.5 Å². The predicted molar refractivity (Wildman–Crippen MR) is 83.6 cm³/mol. The molecular weight excluding hydrogens is 328 g/mol. The monoisotopic (exact) mass is 344 g/mol. The fourth-order valence-electron chi connectivity index (χ4n) is 2.27. The van der Waals surface area contributed by atoms with Gasteiger partial charge in [-0.15, -0.1) is 0 Å². The van der Waals surface area contributed by atoms with Gasteiger partial charge in [0.25, 0.3) is 5.91 Å². The van der Waals surface area contributed by atoms with E-state index in [9.17, 15) is 18.0 Å². The number of carbonyl (C=O) groups is 2. The maximum atomic E-state index is 12.0. The first-order valence-corrected chi connectivity index (χ1v) is 8.98. The van der Waals surface area contributed by atoms with Gasteiger partial charge in [-0.3, -0.25) is 9.59 Å². The highest BCUT2D eigenvalue weighted by molar-refractivity contribution is 7.91. The zero-order chi connectivity index (χ0) is 16.3. The van der Waals surface area contributed by atoms with Gasteiger partial charge in [-0.25, -0.2) is 8.42 Å². The second kappa shape index (κ2) is 6.66. The summed E-state index contributed by atoms with van der Waals surface area (Å²) in [5, 5.41) is 3.04. The number of hydrogen-bond acceptors (Lipinski definition) is 4. The van der Waals surface area contributed by atoms with Crippen LogP contribution in [0.15, 0.2) is 24.3 Å². The van der Waals surface area contributed by atoms with Crippen molar-refractivity contribution >= 4 is 33.3 Å². The van der Waals surface area contributed by atoms with Crippen LogP contribution in [0.2, 0.25) is 5.02 Å². The van der Waals surface area contributed by atoms with Crippen LogP contribution in [-0.4, -0.2) is 56.3 Å². The lowest BCUT2D eigenvalue weighted by atomic mass is 10.2. The molecule has 2 amide bonds. The van der Waals surface area contributed by atoms with Crippen molar-refractivity contribution in [2.24, 2.45) is 0 Å². The highest BCUT2D eigenvalue weighted by Crippen LogP contribution is 2.16. The van der Waals surface area contributed by atoms with E-state index < -0.39 is 9.84 Å². The summed E-state index contributed by atoms with van der Waals surface area (Å²) in [6, 6.07) is 6.00. The van der Waals surface area contributed by atoms with Gasteiger partial charge in [0.15, 0.2) is 9.84 Å². The number of nitrogens with one attached hydrogen (secondary N) is 1. The lowest BCUT2D eigenvalue weighted by Gasteiger charge is -2.23. The van der Waals surface area contributed by atoms with E-state index in [1.54, 1.807) is 31.3 Å². The maximum absolute atomic E-state index is 12.0. The number of carbonyl (C=O) groups excluding carboxylic acids is 2. The van der Waals surface area contributed by atoms with Crippen LogP contribution in [0, 0.1) is 0 Å². The lowest BCUT2D eigenvalue weighted by molar-refractivity contribution is -0.130. The summed E-state index contributed by atoms with van der Waals surface area (Å²) in [6.45, 7) is -0.172. The molecule has 22 heavy (non-hydrogen) atoms. The SMILES string of the molecule is CN(C(=O)CNC(=O)c1ccc(Cl)cc1)C1CCS(=O)(=O)C1. The molecule has 1 heterocycles. The Balaban J connectivity index is 1.87. The second-order valence-corrected chi connectivity index (χ2v) is 7.92. The largest absolute Gasteiger partial charge is 0.343 e. The van der Waals surface area contributed by atoms with Gasteiger partial charge in [-0.1, -0.05) is 11.6 Å². The van der Waals surface area contributed by atoms with Crippen molar-refractivity contribution < 1.29 is 18.0 Å². The van der Waals surface area contributed by atoms with Gasteiger partial charge in [-0.05, 0) is 30.7 Å². The Morgan fingerprint density at radius 2 is 1.95 bits per heavy atom. The van der Waals surface area contributed by atoms with Crippen molar-refractivity contribution in [2.75, 3.05) is 25.1 Å². The fourth-order valence-corrected chi connectivity index (χ4v) is 4.17. The highest BCUT2D eigenvalue weighted by atomic mass is 35.5. The second-order valence-electron chi connectivity index (χ2n) is 5.25. The van der Waals surface area contributed by atoms with E-state index in [1.165, 1.54) is 4.90 Å². The summed E-state index contributed by atoms with van der Waals surface area (Å²) >= 11 is 5.74. The fraction of sp³-hybridized carbons (Fsp3) is 0.429. The minimum absolute atomic E-state index is 0.0135. The average Bonchev–Trinajstić information content (AvgIpc) is 2.84. The summed E-state index contributed by atoms with van der Waals surface area (Å²) < 4.78 is 22.9. The smallest absolute Gasteiger partial charge is 0.251 e. The summed E-state index contributed by atoms with van der Waals surface area (Å²) in [5.41, 5.74) is 0.406. The number of hydrogen-bond donors (Lipinski definition) is 1. The average molecular weight is 345 g/mol. The Bertz CT molecular complexity index is 673. The first-order valence-electron chi connectivity index (χ1n) is 6.78. The molecular formula is C14H17ClN2O4S. The number of benzene rings is 1. The quantitative estimate of drug-likeness (QED) is 0.872. The number of amides is 2. The number of likely N-dealkylation sites (N-methyl/N-ethyl adjacent to an activating group) is 1. The standard InChI is InChI=1S/C14H17ClN2O4S/c1-17(12-6-7-22(20,21)9-12)13(18)8-16-14(19)10-2-4-11(15)5-3-10/h2-5,12H,6-9H2,1H3,(H,16,19). The Morgan fingerprint density at radius 3 is 2.50 bits per heavy atom. The van der Waals surface area contributed by atoms with Gasteiger partial charge in [0.05, 0.1) is 18.1 Å². The zero-order valence-corrected chi connectivity index (χ0v) is 13.7. The van der Waals surface area contributed by atoms with Gasteiger partial charge in [0, 0.05) is 23.7 Å². The first-order chi connectivity index (χ1) is 10.3. The van der Waals surface area contributed by atoms with Crippen molar-refractivity contribution in [1.82, 2.24) is 10.2 Å². The van der Waals surface area contributed by atoms with Gasteiger partial charge >= 0.3 is 0 Å². The van der Waals surface area contributed by atoms with E-state index >= 15 is 0 Å². The van der Waals surface area contributed by atoms with Crippen molar-refractivity contribution in [1.29, 1.82) is 0 Å². The molecule has 1 aromatic rings. The van der Waals surface area contributed by atoms with E-state index in [-0.39, 0.29) is 35.9 Å². The summed E-state index contributed by atoms with van der Waals surface area (Å²) in [7, 11) is -1.49. The molecule has 0 spiro atoms. The van der Waals surface area contributed by atoms with E-state index in [1.807, 2.05) is 0 Å². The Kier molecular flexibility index (Phi) is 5.08. The van der Waals surface area contributed by atoms with Crippen LogP contribution in [-0.2, 0) is 14.6 Å². The van der Waals surface area contributed by atoms with E-state index in [2.05, 4.69) is 5.32 Å². The lowest BCUT2D eigenvalue weighted by Crippen LogP contribution is -2.43. The molecule has 0 aliphatic carbocycles. The number of nitrogens with zero attached hydrogens (tertiary/aromatic N) is 1. The Hall–Kier alpha value is -1.60. The molecule has 0 saturated carbocycles. The minimum Gasteiger partial charge on any atom is -0.343 e. The van der Waals surface area contributed by atoms with Crippen LogP contribution in [0.4, 0.5) is 0 Å². The van der Waals surface area contributed by atoms with Crippen molar-refractivity contribution in [3.63, 3.8) is 0 Å². The molecule has 1 unspecified atom stereocenters. The topological polar surface area (TPSA) is 83.6 Å². The molecule has 8 heteroatoms. The third-order valence-electron chi connectivity index (χ3n) is 3.66. The zero-order valence-electron chi connectivity index (χ0n) is 12.1. The van der Waals surface area contributed by atoms with E-state index in [4.69, 9.17) is 11.6 Å². The van der Waals surface area contributed by atoms with Crippen LogP contribution >= 0.6 is 11.6 Å². The molecule has 1 N–H and O–H groups in total. The number of halogens is 1. The summed E-state index contributed by atoms with van der Waals surface area (Å²) in [4.78, 5) is 25.3. The van der Waals surface area contributed by atoms with E-state index in [0.29, 0.717) is 17.0 Å². The van der Waals surface area contributed by atoms with Gasteiger partial charge in [0.1, 0.15) is 0 Å². The molecule has 1 saturated heterocycles. The summed E-state index contributed by atoms with van der Waals surface area (Å²) in [5.74, 6) is -0.603. The molecule has 1 atom stereocenters. The molecule has 0 bridgehead atoms. The van der Waals surface area contributed by atoms with Gasteiger partial charge in [0.2, 0.25) is 5.91 Å². The maximum Gasteiger partial charge on any atom is 0.251 e.